The molecule has 2 heterocycles. The number of nitro benzene ring substituents is 1. The van der Waals surface area contributed by atoms with E-state index in [1.165, 1.54) is 25.3 Å². The fourth-order valence-electron chi connectivity index (χ4n) is 4.73. The Bertz CT molecular complexity index is 1440. The minimum Gasteiger partial charge on any atom is -0.494 e. The lowest BCUT2D eigenvalue weighted by atomic mass is 9.88. The summed E-state index contributed by atoms with van der Waals surface area (Å²) in [5.41, 5.74) is 2.92. The van der Waals surface area contributed by atoms with E-state index in [1.54, 1.807) is 0 Å². The first kappa shape index (κ1) is 28.7. The zero-order valence-electron chi connectivity index (χ0n) is 22.5. The smallest absolute Gasteiger partial charge is 0.333 e. The van der Waals surface area contributed by atoms with Gasteiger partial charge < -0.3 is 14.5 Å². The number of benzene rings is 2. The molecule has 1 saturated heterocycles. The number of halogens is 1. The Morgan fingerprint density at radius 3 is 2.42 bits per heavy atom. The highest BCUT2D eigenvalue weighted by Crippen LogP contribution is 2.45. The fraction of sp³-hybridized carbons (Fsp3) is 0.370. The van der Waals surface area contributed by atoms with Crippen molar-refractivity contribution in [2.45, 2.75) is 52.0 Å². The van der Waals surface area contributed by atoms with Gasteiger partial charge in [-0.15, -0.1) is 15.3 Å². The van der Waals surface area contributed by atoms with Crippen LogP contribution in [0.4, 0.5) is 22.7 Å². The van der Waals surface area contributed by atoms with Crippen LogP contribution in [0.3, 0.4) is 0 Å². The van der Waals surface area contributed by atoms with E-state index in [1.807, 2.05) is 19.1 Å². The highest BCUT2D eigenvalue weighted by molar-refractivity contribution is 6.33. The zero-order valence-corrected chi connectivity index (χ0v) is 23.2. The van der Waals surface area contributed by atoms with Gasteiger partial charge in [-0.05, 0) is 44.9 Å². The van der Waals surface area contributed by atoms with Crippen molar-refractivity contribution in [3.63, 3.8) is 0 Å². The lowest BCUT2D eigenvalue weighted by Gasteiger charge is -2.43. The molecular weight excluding hydrogens is 542 g/mol. The Labute approximate surface area is 235 Å². The van der Waals surface area contributed by atoms with Gasteiger partial charge in [-0.3, -0.25) is 19.7 Å². The molecule has 0 radical (unpaired) electrons. The van der Waals surface area contributed by atoms with E-state index in [4.69, 9.17) is 21.2 Å². The van der Waals surface area contributed by atoms with Gasteiger partial charge in [0.1, 0.15) is 17.1 Å². The van der Waals surface area contributed by atoms with Crippen molar-refractivity contribution < 1.29 is 28.9 Å². The molecular formula is C27H28ClN5O7. The molecule has 4 rings (SSSR count). The monoisotopic (exact) mass is 569 g/mol. The Kier molecular flexibility index (Phi) is 8.19. The van der Waals surface area contributed by atoms with Crippen LogP contribution >= 0.6 is 11.6 Å². The van der Waals surface area contributed by atoms with E-state index in [0.717, 1.165) is 16.8 Å². The first-order chi connectivity index (χ1) is 18.9. The number of imide groups is 1. The van der Waals surface area contributed by atoms with E-state index in [0.29, 0.717) is 29.5 Å². The third kappa shape index (κ3) is 5.96. The minimum atomic E-state index is -0.649. The number of azo groups is 1. The predicted molar refractivity (Wildman–Crippen MR) is 147 cm³/mol. The standard InChI is InChI=1S/C27H28ClN5O7/c1-16-15-27(2,3)31(11-5-6-26(36)40-32-24(34)9-10-25(32)35)22-14-23(39-4)21(13-18(16)22)30-29-20-8-7-17(33(37)38)12-19(20)28/h7-8,12-15H,5-6,9-11H2,1-4H3/b30-29+. The Balaban J connectivity index is 1.55. The molecule has 1 fully saturated rings. The fourth-order valence-corrected chi connectivity index (χ4v) is 4.94. The SMILES string of the molecule is COc1cc2c(cc1/N=N/c1ccc([N+](=O)[O-])cc1Cl)C(C)=CC(C)(C)N2CCCC(=O)ON1C(=O)CCC1=O. The molecule has 12 nitrogen and oxygen atoms in total. The summed E-state index contributed by atoms with van der Waals surface area (Å²) < 4.78 is 5.60. The molecule has 210 valence electrons. The molecule has 0 atom stereocenters. The second kappa shape index (κ2) is 11.4. The number of methoxy groups -OCH3 is 1. The molecule has 2 amide bonds. The van der Waals surface area contributed by atoms with Crippen LogP contribution in [0.5, 0.6) is 5.75 Å². The summed E-state index contributed by atoms with van der Waals surface area (Å²) in [4.78, 5) is 53.3. The number of fused-ring (bicyclic) bond motifs is 1. The number of nitrogens with zero attached hydrogens (tertiary/aromatic N) is 5. The maximum atomic E-state index is 12.3. The normalized spacial score (nSPS) is 16.3. The molecule has 0 unspecified atom stereocenters. The van der Waals surface area contributed by atoms with E-state index in [2.05, 4.69) is 35.1 Å². The summed E-state index contributed by atoms with van der Waals surface area (Å²) in [6.07, 6.45) is 2.62. The van der Waals surface area contributed by atoms with Gasteiger partial charge in [0.2, 0.25) is 0 Å². The molecule has 0 saturated carbocycles. The Morgan fingerprint density at radius 2 is 1.80 bits per heavy atom. The topological polar surface area (TPSA) is 144 Å². The number of hydrogen-bond donors (Lipinski definition) is 0. The van der Waals surface area contributed by atoms with Gasteiger partial charge >= 0.3 is 5.97 Å². The summed E-state index contributed by atoms with van der Waals surface area (Å²) >= 11 is 6.16. The lowest BCUT2D eigenvalue weighted by molar-refractivity contribution is -0.384. The van der Waals surface area contributed by atoms with E-state index in [9.17, 15) is 24.5 Å². The summed E-state index contributed by atoms with van der Waals surface area (Å²) in [5, 5.41) is 20.1. The Hall–Kier alpha value is -4.32. The summed E-state index contributed by atoms with van der Waals surface area (Å²) in [6, 6.07) is 7.62. The molecule has 13 heteroatoms. The molecule has 2 aliphatic rings. The van der Waals surface area contributed by atoms with Gasteiger partial charge in [0.25, 0.3) is 17.5 Å². The van der Waals surface area contributed by atoms with Gasteiger partial charge in [0, 0.05) is 55.3 Å². The third-order valence-electron chi connectivity index (χ3n) is 6.65. The van der Waals surface area contributed by atoms with Crippen LogP contribution < -0.4 is 9.64 Å². The number of ether oxygens (including phenoxy) is 1. The largest absolute Gasteiger partial charge is 0.494 e. The predicted octanol–water partition coefficient (Wildman–Crippen LogP) is 6.06. The average molecular weight is 570 g/mol. The van der Waals surface area contributed by atoms with Crippen molar-refractivity contribution in [1.29, 1.82) is 0 Å². The van der Waals surface area contributed by atoms with Crippen molar-refractivity contribution in [3.05, 3.63) is 57.1 Å². The first-order valence-electron chi connectivity index (χ1n) is 12.5. The van der Waals surface area contributed by atoms with Crippen LogP contribution in [-0.2, 0) is 19.2 Å². The molecule has 0 N–H and O–H groups in total. The van der Waals surface area contributed by atoms with Crippen LogP contribution in [0.1, 0.15) is 52.0 Å². The van der Waals surface area contributed by atoms with Crippen molar-refractivity contribution >= 4 is 57.7 Å². The first-order valence-corrected chi connectivity index (χ1v) is 12.9. The molecule has 0 aliphatic carbocycles. The quantitative estimate of drug-likeness (QED) is 0.153. The summed E-state index contributed by atoms with van der Waals surface area (Å²) in [5.74, 6) is -1.23. The highest BCUT2D eigenvalue weighted by Gasteiger charge is 2.34. The van der Waals surface area contributed by atoms with Crippen molar-refractivity contribution in [1.82, 2.24) is 5.06 Å². The zero-order chi connectivity index (χ0) is 29.2. The number of amides is 2. The molecule has 2 aromatic rings. The highest BCUT2D eigenvalue weighted by atomic mass is 35.5. The maximum Gasteiger partial charge on any atom is 0.333 e. The van der Waals surface area contributed by atoms with E-state index < -0.39 is 28.2 Å². The van der Waals surface area contributed by atoms with Gasteiger partial charge in [-0.1, -0.05) is 17.7 Å². The van der Waals surface area contributed by atoms with Crippen molar-refractivity contribution in [2.75, 3.05) is 18.6 Å². The number of nitro groups is 1. The number of allylic oxidation sites excluding steroid dienone is 1. The molecule has 2 aromatic carbocycles. The molecule has 2 aliphatic heterocycles. The van der Waals surface area contributed by atoms with Gasteiger partial charge in [0.05, 0.1) is 22.6 Å². The number of hydrogen-bond acceptors (Lipinski definition) is 10. The second-order valence-electron chi connectivity index (χ2n) is 9.92. The Morgan fingerprint density at radius 1 is 1.12 bits per heavy atom. The molecule has 0 bridgehead atoms. The van der Waals surface area contributed by atoms with E-state index >= 15 is 0 Å². The van der Waals surface area contributed by atoms with Crippen molar-refractivity contribution in [2.24, 2.45) is 10.2 Å². The maximum absolute atomic E-state index is 12.3. The van der Waals surface area contributed by atoms with Gasteiger partial charge in [-0.25, -0.2) is 4.79 Å². The lowest BCUT2D eigenvalue weighted by Crippen LogP contribution is -2.45. The van der Waals surface area contributed by atoms with Crippen LogP contribution in [0.15, 0.2) is 46.6 Å². The van der Waals surface area contributed by atoms with Gasteiger partial charge in [0.15, 0.2) is 0 Å². The van der Waals surface area contributed by atoms with Crippen LogP contribution in [0.2, 0.25) is 5.02 Å². The molecule has 40 heavy (non-hydrogen) atoms. The van der Waals surface area contributed by atoms with Gasteiger partial charge in [-0.2, -0.15) is 0 Å². The number of non-ortho nitro benzene ring substituents is 1. The number of anilines is 1. The average Bonchev–Trinajstić information content (AvgIpc) is 3.21. The number of carbonyl (C=O) groups excluding carboxylic acids is 3. The number of hydroxylamine groups is 2. The molecule has 0 aromatic heterocycles. The number of carbonyl (C=O) groups is 3. The number of rotatable bonds is 9. The summed E-state index contributed by atoms with van der Waals surface area (Å²) in [7, 11) is 1.51. The summed E-state index contributed by atoms with van der Waals surface area (Å²) in [6.45, 7) is 6.56. The second-order valence-corrected chi connectivity index (χ2v) is 10.3. The molecule has 0 spiro atoms. The van der Waals surface area contributed by atoms with Crippen LogP contribution in [0, 0.1) is 10.1 Å². The van der Waals surface area contributed by atoms with E-state index in [-0.39, 0.29) is 35.7 Å². The minimum absolute atomic E-state index is 0.0150. The van der Waals surface area contributed by atoms with Crippen LogP contribution in [0.25, 0.3) is 5.57 Å². The third-order valence-corrected chi connectivity index (χ3v) is 6.95. The van der Waals surface area contributed by atoms with Crippen molar-refractivity contribution in [3.8, 4) is 5.75 Å². The van der Waals surface area contributed by atoms with Crippen LogP contribution in [-0.4, -0.2) is 47.0 Å².